The molecule has 7 nitrogen and oxygen atoms in total. The molecule has 29 heavy (non-hydrogen) atoms. The zero-order chi connectivity index (χ0) is 20.8. The normalized spacial score (nSPS) is 12.2. The van der Waals surface area contributed by atoms with E-state index in [0.29, 0.717) is 27.4 Å². The summed E-state index contributed by atoms with van der Waals surface area (Å²) in [5, 5.41) is 4.03. The van der Waals surface area contributed by atoms with Gasteiger partial charge in [0, 0.05) is 16.8 Å². The molecule has 148 valence electrons. The first-order valence-electron chi connectivity index (χ1n) is 9.22. The van der Waals surface area contributed by atoms with Crippen molar-refractivity contribution in [1.82, 2.24) is 10.3 Å². The number of amides is 2. The van der Waals surface area contributed by atoms with Crippen molar-refractivity contribution in [2.75, 3.05) is 6.61 Å². The number of carbonyl (C=O) groups excluding carboxylic acids is 3. The molecule has 0 radical (unpaired) electrons. The van der Waals surface area contributed by atoms with Gasteiger partial charge in [-0.05, 0) is 25.5 Å². The SMILES string of the molecule is CCOC(=O)/C=C/C[C@H](NC(=O)c1c2ccccc2nc2ccccc12)C(N)=O. The quantitative estimate of drug-likeness (QED) is 0.365. The molecule has 0 aliphatic heterocycles. The molecule has 1 heterocycles. The number of aromatic nitrogens is 1. The van der Waals surface area contributed by atoms with E-state index >= 15 is 0 Å². The topological polar surface area (TPSA) is 111 Å². The molecule has 3 N–H and O–H groups in total. The Hall–Kier alpha value is -3.74. The highest BCUT2D eigenvalue weighted by atomic mass is 16.5. The minimum atomic E-state index is -0.973. The minimum absolute atomic E-state index is 0.0703. The van der Waals surface area contributed by atoms with E-state index in [4.69, 9.17) is 10.5 Å². The summed E-state index contributed by atoms with van der Waals surface area (Å²) in [6, 6.07) is 13.6. The van der Waals surface area contributed by atoms with Crippen LogP contribution in [0.4, 0.5) is 0 Å². The Bertz CT molecular complexity index is 1050. The molecule has 7 heteroatoms. The van der Waals surface area contributed by atoms with E-state index in [2.05, 4.69) is 10.3 Å². The molecule has 3 rings (SSSR count). The van der Waals surface area contributed by atoms with Gasteiger partial charge in [-0.1, -0.05) is 42.5 Å². The van der Waals surface area contributed by atoms with Gasteiger partial charge in [-0.3, -0.25) is 9.59 Å². The molecule has 2 amide bonds. The van der Waals surface area contributed by atoms with Gasteiger partial charge in [-0.25, -0.2) is 9.78 Å². The first-order valence-corrected chi connectivity index (χ1v) is 9.22. The number of ether oxygens (including phenoxy) is 1. The number of nitrogens with two attached hydrogens (primary N) is 1. The number of para-hydroxylation sites is 2. The average Bonchev–Trinajstić information content (AvgIpc) is 2.71. The standard InChI is InChI=1S/C22H21N3O4/c1-2-29-19(26)13-7-12-18(21(23)27)25-22(28)20-14-8-3-5-10-16(14)24-17-11-6-4-9-15(17)20/h3-11,13,18H,2,12H2,1H3,(H2,23,27)(H,25,28)/b13-7+/t18-/m0/s1. The van der Waals surface area contributed by atoms with E-state index in [1.807, 2.05) is 48.5 Å². The largest absolute Gasteiger partial charge is 0.463 e. The zero-order valence-corrected chi connectivity index (χ0v) is 15.9. The Morgan fingerprint density at radius 2 is 1.66 bits per heavy atom. The monoisotopic (exact) mass is 391 g/mol. The number of carbonyl (C=O) groups is 3. The molecule has 0 saturated heterocycles. The molecule has 0 aliphatic rings. The second-order valence-corrected chi connectivity index (χ2v) is 6.34. The van der Waals surface area contributed by atoms with E-state index in [9.17, 15) is 14.4 Å². The summed E-state index contributed by atoms with van der Waals surface area (Å²) in [5.74, 6) is -1.66. The number of hydrogen-bond donors (Lipinski definition) is 2. The third-order valence-corrected chi connectivity index (χ3v) is 4.38. The van der Waals surface area contributed by atoms with Crippen molar-refractivity contribution in [2.24, 2.45) is 5.73 Å². The number of primary amides is 1. The van der Waals surface area contributed by atoms with E-state index in [1.165, 1.54) is 12.2 Å². The van der Waals surface area contributed by atoms with Crippen molar-refractivity contribution < 1.29 is 19.1 Å². The van der Waals surface area contributed by atoms with Crippen LogP contribution in [0.3, 0.4) is 0 Å². The predicted octanol–water partition coefficient (Wildman–Crippen LogP) is 2.48. The van der Waals surface area contributed by atoms with Crippen molar-refractivity contribution in [3.8, 4) is 0 Å². The highest BCUT2D eigenvalue weighted by Gasteiger charge is 2.21. The molecule has 0 fully saturated rings. The summed E-state index contributed by atoms with van der Waals surface area (Å²) in [5.41, 5.74) is 7.22. The lowest BCUT2D eigenvalue weighted by Gasteiger charge is -2.16. The van der Waals surface area contributed by atoms with Gasteiger partial charge in [-0.15, -0.1) is 0 Å². The Kier molecular flexibility index (Phi) is 6.19. The predicted molar refractivity (Wildman–Crippen MR) is 110 cm³/mol. The Labute approximate surface area is 167 Å². The van der Waals surface area contributed by atoms with Crippen LogP contribution >= 0.6 is 0 Å². The molecular formula is C22H21N3O4. The molecule has 2 aromatic carbocycles. The van der Waals surface area contributed by atoms with Crippen LogP contribution in [0, 0.1) is 0 Å². The number of fused-ring (bicyclic) bond motifs is 2. The second-order valence-electron chi connectivity index (χ2n) is 6.34. The van der Waals surface area contributed by atoms with Crippen LogP contribution in [-0.4, -0.2) is 35.4 Å². The van der Waals surface area contributed by atoms with Gasteiger partial charge < -0.3 is 15.8 Å². The summed E-state index contributed by atoms with van der Waals surface area (Å²) in [6.45, 7) is 1.95. The van der Waals surface area contributed by atoms with Crippen molar-refractivity contribution in [3.63, 3.8) is 0 Å². The van der Waals surface area contributed by atoms with Gasteiger partial charge in [0.05, 0.1) is 23.2 Å². The number of nitrogens with one attached hydrogen (secondary N) is 1. The third-order valence-electron chi connectivity index (χ3n) is 4.38. The van der Waals surface area contributed by atoms with Crippen LogP contribution in [-0.2, 0) is 14.3 Å². The first kappa shape index (κ1) is 20.0. The molecule has 3 aromatic rings. The smallest absolute Gasteiger partial charge is 0.330 e. The van der Waals surface area contributed by atoms with Crippen LogP contribution in [0.15, 0.2) is 60.7 Å². The molecule has 0 spiro atoms. The molecule has 0 unspecified atom stereocenters. The molecule has 1 aromatic heterocycles. The van der Waals surface area contributed by atoms with E-state index < -0.39 is 23.8 Å². The van der Waals surface area contributed by atoms with Gasteiger partial charge in [0.25, 0.3) is 5.91 Å². The maximum Gasteiger partial charge on any atom is 0.330 e. The molecule has 0 saturated carbocycles. The summed E-state index contributed by atoms with van der Waals surface area (Å²) >= 11 is 0. The van der Waals surface area contributed by atoms with Crippen molar-refractivity contribution in [2.45, 2.75) is 19.4 Å². The lowest BCUT2D eigenvalue weighted by Crippen LogP contribution is -2.44. The minimum Gasteiger partial charge on any atom is -0.463 e. The fourth-order valence-corrected chi connectivity index (χ4v) is 3.05. The van der Waals surface area contributed by atoms with Crippen molar-refractivity contribution in [3.05, 3.63) is 66.2 Å². The fourth-order valence-electron chi connectivity index (χ4n) is 3.05. The van der Waals surface area contributed by atoms with Crippen LogP contribution < -0.4 is 11.1 Å². The molecule has 0 aliphatic carbocycles. The lowest BCUT2D eigenvalue weighted by atomic mass is 10.0. The van der Waals surface area contributed by atoms with Crippen LogP contribution in [0.1, 0.15) is 23.7 Å². The third kappa shape index (κ3) is 4.57. The number of benzene rings is 2. The Morgan fingerprint density at radius 3 is 2.21 bits per heavy atom. The summed E-state index contributed by atoms with van der Waals surface area (Å²) in [4.78, 5) is 41.0. The summed E-state index contributed by atoms with van der Waals surface area (Å²) in [7, 11) is 0. The van der Waals surface area contributed by atoms with Crippen LogP contribution in [0.2, 0.25) is 0 Å². The Balaban J connectivity index is 1.93. The van der Waals surface area contributed by atoms with E-state index in [-0.39, 0.29) is 13.0 Å². The molecule has 1 atom stereocenters. The van der Waals surface area contributed by atoms with E-state index in [0.717, 1.165) is 0 Å². The summed E-state index contributed by atoms with van der Waals surface area (Å²) < 4.78 is 4.79. The fraction of sp³-hybridized carbons (Fsp3) is 0.182. The number of esters is 1. The first-order chi connectivity index (χ1) is 14.0. The number of rotatable bonds is 7. The van der Waals surface area contributed by atoms with Gasteiger partial charge in [0.2, 0.25) is 5.91 Å². The molecule has 0 bridgehead atoms. The average molecular weight is 391 g/mol. The number of pyridine rings is 1. The lowest BCUT2D eigenvalue weighted by molar-refractivity contribution is -0.137. The van der Waals surface area contributed by atoms with Gasteiger partial charge in [0.1, 0.15) is 6.04 Å². The van der Waals surface area contributed by atoms with E-state index in [1.54, 1.807) is 6.92 Å². The zero-order valence-electron chi connectivity index (χ0n) is 15.9. The second kappa shape index (κ2) is 8.97. The Morgan fingerprint density at radius 1 is 1.07 bits per heavy atom. The van der Waals surface area contributed by atoms with Crippen LogP contribution in [0.25, 0.3) is 21.8 Å². The van der Waals surface area contributed by atoms with Gasteiger partial charge in [0.15, 0.2) is 0 Å². The highest BCUT2D eigenvalue weighted by Crippen LogP contribution is 2.26. The van der Waals surface area contributed by atoms with Crippen molar-refractivity contribution in [1.29, 1.82) is 0 Å². The van der Waals surface area contributed by atoms with Gasteiger partial charge in [-0.2, -0.15) is 0 Å². The summed E-state index contributed by atoms with van der Waals surface area (Å²) in [6.07, 6.45) is 2.74. The number of nitrogens with zero attached hydrogens (tertiary/aromatic N) is 1. The maximum atomic E-state index is 13.1. The van der Waals surface area contributed by atoms with Crippen molar-refractivity contribution >= 4 is 39.6 Å². The van der Waals surface area contributed by atoms with Crippen LogP contribution in [0.5, 0.6) is 0 Å². The highest BCUT2D eigenvalue weighted by molar-refractivity contribution is 6.16. The maximum absolute atomic E-state index is 13.1. The number of hydrogen-bond acceptors (Lipinski definition) is 5. The van der Waals surface area contributed by atoms with Gasteiger partial charge >= 0.3 is 5.97 Å². The molecular weight excluding hydrogens is 370 g/mol.